The molecule has 0 radical (unpaired) electrons. The van der Waals surface area contributed by atoms with Gasteiger partial charge in [0.1, 0.15) is 5.70 Å². The number of carbonyl (C=O) groups is 2. The Balaban J connectivity index is 2.00. The first-order valence-electron chi connectivity index (χ1n) is 8.94. The fourth-order valence-electron chi connectivity index (χ4n) is 3.22. The lowest BCUT2D eigenvalue weighted by Crippen LogP contribution is -2.36. The number of likely N-dealkylation sites (N-methyl/N-ethyl adjacent to an activating group) is 1. The largest absolute Gasteiger partial charge is 0.383 e. The number of hydrogen-bond donors (Lipinski definition) is 0. The number of methoxy groups -OCH3 is 1. The topological polar surface area (TPSA) is 49.9 Å². The van der Waals surface area contributed by atoms with Crippen LogP contribution in [0.2, 0.25) is 0 Å². The van der Waals surface area contributed by atoms with Gasteiger partial charge in [0.2, 0.25) is 0 Å². The van der Waals surface area contributed by atoms with Gasteiger partial charge < -0.3 is 9.64 Å². The lowest BCUT2D eigenvalue weighted by molar-refractivity contribution is -0.138. The van der Waals surface area contributed by atoms with Crippen LogP contribution in [-0.2, 0) is 20.9 Å². The fourth-order valence-corrected chi connectivity index (χ4v) is 3.22. The van der Waals surface area contributed by atoms with Crippen molar-refractivity contribution in [3.63, 3.8) is 0 Å². The standard InChI is InChI=1S/C22H24N2O3/c1-16-9-11-18(12-10-16)19-20(22(26)24(21(19)25)13-14-27-3)23(2)15-17-7-5-4-6-8-17/h4-12H,13-15H2,1-3H3. The van der Waals surface area contributed by atoms with Crippen LogP contribution in [0.4, 0.5) is 0 Å². The molecule has 140 valence electrons. The van der Waals surface area contributed by atoms with Gasteiger partial charge in [-0.05, 0) is 18.1 Å². The highest BCUT2D eigenvalue weighted by molar-refractivity contribution is 6.35. The number of benzene rings is 2. The highest BCUT2D eigenvalue weighted by Crippen LogP contribution is 2.31. The van der Waals surface area contributed by atoms with Crippen molar-refractivity contribution in [3.8, 4) is 0 Å². The van der Waals surface area contributed by atoms with Crippen LogP contribution in [0, 0.1) is 6.92 Å². The molecule has 0 saturated carbocycles. The van der Waals surface area contributed by atoms with Gasteiger partial charge in [0.25, 0.3) is 11.8 Å². The molecular weight excluding hydrogens is 340 g/mol. The molecule has 0 aliphatic carbocycles. The van der Waals surface area contributed by atoms with Gasteiger partial charge in [0, 0.05) is 20.7 Å². The summed E-state index contributed by atoms with van der Waals surface area (Å²) in [5.74, 6) is -0.540. The summed E-state index contributed by atoms with van der Waals surface area (Å²) in [6.07, 6.45) is 0. The van der Waals surface area contributed by atoms with E-state index in [-0.39, 0.29) is 18.4 Å². The lowest BCUT2D eigenvalue weighted by atomic mass is 10.0. The van der Waals surface area contributed by atoms with Crippen molar-refractivity contribution in [2.24, 2.45) is 0 Å². The minimum Gasteiger partial charge on any atom is -0.383 e. The van der Waals surface area contributed by atoms with Gasteiger partial charge in [-0.15, -0.1) is 0 Å². The molecule has 0 bridgehead atoms. The molecule has 1 aliphatic rings. The molecule has 1 aliphatic heterocycles. The quantitative estimate of drug-likeness (QED) is 0.709. The summed E-state index contributed by atoms with van der Waals surface area (Å²) in [5.41, 5.74) is 3.82. The third-order valence-electron chi connectivity index (χ3n) is 4.65. The predicted octanol–water partition coefficient (Wildman–Crippen LogP) is 2.85. The zero-order valence-electron chi connectivity index (χ0n) is 15.9. The van der Waals surface area contributed by atoms with Crippen molar-refractivity contribution in [3.05, 3.63) is 77.0 Å². The van der Waals surface area contributed by atoms with E-state index in [1.807, 2.05) is 73.5 Å². The third kappa shape index (κ3) is 3.93. The lowest BCUT2D eigenvalue weighted by Gasteiger charge is -2.21. The highest BCUT2D eigenvalue weighted by Gasteiger charge is 2.40. The Morgan fingerprint density at radius 1 is 0.963 bits per heavy atom. The van der Waals surface area contributed by atoms with Gasteiger partial charge in [-0.25, -0.2) is 0 Å². The highest BCUT2D eigenvalue weighted by atomic mass is 16.5. The third-order valence-corrected chi connectivity index (χ3v) is 4.65. The van der Waals surface area contributed by atoms with Crippen LogP contribution in [0.5, 0.6) is 0 Å². The van der Waals surface area contributed by atoms with Crippen LogP contribution in [0.1, 0.15) is 16.7 Å². The second-order valence-electron chi connectivity index (χ2n) is 6.69. The molecule has 0 saturated heterocycles. The number of hydrogen-bond acceptors (Lipinski definition) is 4. The van der Waals surface area contributed by atoms with E-state index in [1.165, 1.54) is 4.90 Å². The molecule has 0 N–H and O–H groups in total. The molecule has 0 spiro atoms. The molecule has 0 aromatic heterocycles. The number of nitrogens with zero attached hydrogens (tertiary/aromatic N) is 2. The van der Waals surface area contributed by atoms with Crippen LogP contribution in [0.3, 0.4) is 0 Å². The first-order chi connectivity index (χ1) is 13.0. The van der Waals surface area contributed by atoms with Crippen molar-refractivity contribution < 1.29 is 14.3 Å². The van der Waals surface area contributed by atoms with E-state index in [9.17, 15) is 9.59 Å². The van der Waals surface area contributed by atoms with Crippen LogP contribution in [0.25, 0.3) is 5.57 Å². The number of amides is 2. The summed E-state index contributed by atoms with van der Waals surface area (Å²) in [5, 5.41) is 0. The van der Waals surface area contributed by atoms with E-state index in [2.05, 4.69) is 0 Å². The Bertz CT molecular complexity index is 857. The van der Waals surface area contributed by atoms with Crippen LogP contribution >= 0.6 is 0 Å². The van der Waals surface area contributed by atoms with Crippen molar-refractivity contribution in [1.82, 2.24) is 9.80 Å². The van der Waals surface area contributed by atoms with Gasteiger partial charge >= 0.3 is 0 Å². The molecule has 5 heteroatoms. The van der Waals surface area contributed by atoms with Crippen molar-refractivity contribution >= 4 is 17.4 Å². The minimum absolute atomic E-state index is 0.242. The Morgan fingerprint density at radius 3 is 2.26 bits per heavy atom. The molecule has 0 atom stereocenters. The predicted molar refractivity (Wildman–Crippen MR) is 105 cm³/mol. The van der Waals surface area contributed by atoms with E-state index in [0.29, 0.717) is 24.4 Å². The zero-order chi connectivity index (χ0) is 19.4. The summed E-state index contributed by atoms with van der Waals surface area (Å²) in [4.78, 5) is 29.2. The zero-order valence-corrected chi connectivity index (χ0v) is 15.9. The second-order valence-corrected chi connectivity index (χ2v) is 6.69. The van der Waals surface area contributed by atoms with E-state index in [4.69, 9.17) is 4.74 Å². The van der Waals surface area contributed by atoms with Crippen LogP contribution in [0.15, 0.2) is 60.3 Å². The number of carbonyl (C=O) groups excluding carboxylic acids is 2. The Morgan fingerprint density at radius 2 is 1.63 bits per heavy atom. The molecule has 27 heavy (non-hydrogen) atoms. The maximum Gasteiger partial charge on any atom is 0.277 e. The normalized spacial score (nSPS) is 14.3. The summed E-state index contributed by atoms with van der Waals surface area (Å²) >= 11 is 0. The van der Waals surface area contributed by atoms with Gasteiger partial charge in [0.05, 0.1) is 18.7 Å². The SMILES string of the molecule is COCCN1C(=O)C(c2ccc(C)cc2)=C(N(C)Cc2ccccc2)C1=O. The Labute approximate surface area is 159 Å². The minimum atomic E-state index is -0.272. The summed E-state index contributed by atoms with van der Waals surface area (Å²) in [6, 6.07) is 17.6. The molecule has 2 aromatic rings. The van der Waals surface area contributed by atoms with Crippen molar-refractivity contribution in [2.75, 3.05) is 27.3 Å². The van der Waals surface area contributed by atoms with Gasteiger partial charge in [-0.2, -0.15) is 0 Å². The molecular formula is C22H24N2O3. The van der Waals surface area contributed by atoms with Crippen LogP contribution in [-0.4, -0.2) is 48.9 Å². The molecule has 0 fully saturated rings. The van der Waals surface area contributed by atoms with E-state index >= 15 is 0 Å². The molecule has 2 amide bonds. The van der Waals surface area contributed by atoms with E-state index in [1.54, 1.807) is 7.11 Å². The first-order valence-corrected chi connectivity index (χ1v) is 8.94. The summed E-state index contributed by atoms with van der Waals surface area (Å²) in [6.45, 7) is 3.09. The average molecular weight is 364 g/mol. The number of imide groups is 1. The second kappa shape index (κ2) is 8.18. The molecule has 2 aromatic carbocycles. The monoisotopic (exact) mass is 364 g/mol. The molecule has 1 heterocycles. The summed E-state index contributed by atoms with van der Waals surface area (Å²) < 4.78 is 5.07. The molecule has 5 nitrogen and oxygen atoms in total. The first kappa shape index (κ1) is 18.9. The fraction of sp³-hybridized carbons (Fsp3) is 0.273. The van der Waals surface area contributed by atoms with Gasteiger partial charge in [-0.3, -0.25) is 14.5 Å². The maximum absolute atomic E-state index is 13.1. The van der Waals surface area contributed by atoms with Crippen molar-refractivity contribution in [2.45, 2.75) is 13.5 Å². The average Bonchev–Trinajstić information content (AvgIpc) is 2.92. The maximum atomic E-state index is 13.1. The van der Waals surface area contributed by atoms with Gasteiger partial charge in [0.15, 0.2) is 0 Å². The number of aryl methyl sites for hydroxylation is 1. The van der Waals surface area contributed by atoms with Crippen LogP contribution < -0.4 is 0 Å². The van der Waals surface area contributed by atoms with Crippen molar-refractivity contribution in [1.29, 1.82) is 0 Å². The Hall–Kier alpha value is -2.92. The smallest absolute Gasteiger partial charge is 0.277 e. The molecule has 3 rings (SSSR count). The summed E-state index contributed by atoms with van der Waals surface area (Å²) in [7, 11) is 3.41. The Kier molecular flexibility index (Phi) is 5.72. The van der Waals surface area contributed by atoms with E-state index in [0.717, 1.165) is 16.7 Å². The van der Waals surface area contributed by atoms with E-state index < -0.39 is 0 Å². The number of rotatable bonds is 7. The molecule has 0 unspecified atom stereocenters. The number of ether oxygens (including phenoxy) is 1. The van der Waals surface area contributed by atoms with Gasteiger partial charge in [-0.1, -0.05) is 60.2 Å².